The van der Waals surface area contributed by atoms with E-state index in [2.05, 4.69) is 47.2 Å². The molecule has 3 rings (SSSR count). The van der Waals surface area contributed by atoms with Crippen molar-refractivity contribution in [1.82, 2.24) is 15.2 Å². The van der Waals surface area contributed by atoms with Crippen LogP contribution in [0.5, 0.6) is 0 Å². The lowest BCUT2D eigenvalue weighted by Crippen LogP contribution is -2.35. The van der Waals surface area contributed by atoms with Gasteiger partial charge in [0, 0.05) is 12.6 Å². The van der Waals surface area contributed by atoms with Crippen LogP contribution in [0.25, 0.3) is 10.2 Å². The van der Waals surface area contributed by atoms with Crippen molar-refractivity contribution in [3.8, 4) is 0 Å². The largest absolute Gasteiger partial charge is 0.317 e. The third-order valence-electron chi connectivity index (χ3n) is 4.41. The van der Waals surface area contributed by atoms with Crippen molar-refractivity contribution < 1.29 is 0 Å². The maximum absolute atomic E-state index is 4.55. The first-order chi connectivity index (χ1) is 10.3. The predicted molar refractivity (Wildman–Crippen MR) is 98.2 cm³/mol. The highest BCUT2D eigenvalue weighted by atomic mass is 35.5. The zero-order chi connectivity index (χ0) is 14.7. The Morgan fingerprint density at radius 2 is 2.18 bits per heavy atom. The molecule has 1 fully saturated rings. The molecule has 2 aromatic rings. The van der Waals surface area contributed by atoms with E-state index in [1.54, 1.807) is 11.3 Å². The van der Waals surface area contributed by atoms with Crippen LogP contribution < -0.4 is 5.32 Å². The Bertz CT molecular complexity index is 591. The highest BCUT2D eigenvalue weighted by Gasteiger charge is 2.19. The van der Waals surface area contributed by atoms with Crippen LogP contribution >= 0.6 is 23.7 Å². The van der Waals surface area contributed by atoms with Gasteiger partial charge in [-0.25, -0.2) is 4.98 Å². The number of hydrogen-bond donors (Lipinski definition) is 1. The number of benzene rings is 1. The molecule has 5 heteroatoms. The average molecular weight is 340 g/mol. The molecule has 0 bridgehead atoms. The molecule has 1 aromatic heterocycles. The van der Waals surface area contributed by atoms with E-state index in [0.717, 1.165) is 36.2 Å². The zero-order valence-corrected chi connectivity index (χ0v) is 15.1. The maximum Gasteiger partial charge on any atom is 0.0907 e. The Labute approximate surface area is 143 Å². The van der Waals surface area contributed by atoms with E-state index in [1.165, 1.54) is 36.1 Å². The summed E-state index contributed by atoms with van der Waals surface area (Å²) in [6.45, 7) is 8.90. The molecule has 3 nitrogen and oxygen atoms in total. The minimum atomic E-state index is 0. The van der Waals surface area contributed by atoms with E-state index in [0.29, 0.717) is 0 Å². The van der Waals surface area contributed by atoms with Crippen LogP contribution in [0.4, 0.5) is 0 Å². The number of hydrogen-bond acceptors (Lipinski definition) is 4. The van der Waals surface area contributed by atoms with E-state index in [1.807, 2.05) is 0 Å². The average Bonchev–Trinajstić information content (AvgIpc) is 2.69. The minimum Gasteiger partial charge on any atom is -0.317 e. The standard InChI is InChI=1S/C17H25N3S.ClH/c1-3-20(15-5-4-9-18-10-8-15)12-14-6-7-16-17(11-14)21-13(2)19-16;/h6-7,11,15,18H,3-5,8-10,12H2,1-2H3;1H. The lowest BCUT2D eigenvalue weighted by atomic mass is 10.1. The number of fused-ring (bicyclic) bond motifs is 1. The highest BCUT2D eigenvalue weighted by molar-refractivity contribution is 7.18. The van der Waals surface area contributed by atoms with Crippen LogP contribution in [0.3, 0.4) is 0 Å². The van der Waals surface area contributed by atoms with Crippen LogP contribution in [0.2, 0.25) is 0 Å². The number of halogens is 1. The highest BCUT2D eigenvalue weighted by Crippen LogP contribution is 2.24. The second-order valence-corrected chi connectivity index (χ2v) is 7.17. The van der Waals surface area contributed by atoms with Crippen LogP contribution in [0.15, 0.2) is 18.2 Å². The summed E-state index contributed by atoms with van der Waals surface area (Å²) in [4.78, 5) is 7.19. The molecule has 0 spiro atoms. The van der Waals surface area contributed by atoms with Gasteiger partial charge in [0.05, 0.1) is 15.2 Å². The van der Waals surface area contributed by atoms with E-state index in [4.69, 9.17) is 0 Å². The van der Waals surface area contributed by atoms with Gasteiger partial charge < -0.3 is 5.32 Å². The second-order valence-electron chi connectivity index (χ2n) is 5.93. The van der Waals surface area contributed by atoms with E-state index in [9.17, 15) is 0 Å². The van der Waals surface area contributed by atoms with Crippen LogP contribution in [0.1, 0.15) is 36.8 Å². The van der Waals surface area contributed by atoms with E-state index >= 15 is 0 Å². The smallest absolute Gasteiger partial charge is 0.0907 e. The molecule has 1 aromatic carbocycles. The first-order valence-corrected chi connectivity index (χ1v) is 8.88. The van der Waals surface area contributed by atoms with Crippen molar-refractivity contribution in [1.29, 1.82) is 0 Å². The van der Waals surface area contributed by atoms with Gasteiger partial charge in [0.1, 0.15) is 0 Å². The molecule has 1 aliphatic rings. The number of thiazole rings is 1. The van der Waals surface area contributed by atoms with Gasteiger partial charge in [-0.1, -0.05) is 13.0 Å². The van der Waals surface area contributed by atoms with E-state index in [-0.39, 0.29) is 12.4 Å². The summed E-state index contributed by atoms with van der Waals surface area (Å²) in [6, 6.07) is 7.48. The summed E-state index contributed by atoms with van der Waals surface area (Å²) in [6.07, 6.45) is 3.90. The molecule has 0 aliphatic carbocycles. The van der Waals surface area contributed by atoms with Gasteiger partial charge >= 0.3 is 0 Å². The van der Waals surface area contributed by atoms with Crippen molar-refractivity contribution in [2.45, 2.75) is 45.7 Å². The van der Waals surface area contributed by atoms with Crippen molar-refractivity contribution in [2.75, 3.05) is 19.6 Å². The zero-order valence-electron chi connectivity index (χ0n) is 13.5. The third kappa shape index (κ3) is 4.19. The third-order valence-corrected chi connectivity index (χ3v) is 5.35. The number of aromatic nitrogens is 1. The van der Waals surface area contributed by atoms with Gasteiger partial charge in [-0.15, -0.1) is 23.7 Å². The second kappa shape index (κ2) is 8.25. The summed E-state index contributed by atoms with van der Waals surface area (Å²) in [7, 11) is 0. The maximum atomic E-state index is 4.55. The summed E-state index contributed by atoms with van der Waals surface area (Å²) in [5.41, 5.74) is 2.56. The predicted octanol–water partition coefficient (Wildman–Crippen LogP) is 3.99. The number of nitrogens with zero attached hydrogens (tertiary/aromatic N) is 2. The fraction of sp³-hybridized carbons (Fsp3) is 0.588. The first-order valence-electron chi connectivity index (χ1n) is 8.07. The summed E-state index contributed by atoms with van der Waals surface area (Å²) in [5, 5.41) is 4.67. The Hall–Kier alpha value is -0.680. The quantitative estimate of drug-likeness (QED) is 0.912. The molecule has 0 amide bonds. The van der Waals surface area contributed by atoms with Gasteiger partial charge in [-0.3, -0.25) is 4.90 Å². The first kappa shape index (κ1) is 17.7. The van der Waals surface area contributed by atoms with Gasteiger partial charge in [0.15, 0.2) is 0 Å². The Morgan fingerprint density at radius 1 is 1.32 bits per heavy atom. The SMILES string of the molecule is CCN(Cc1ccc2nc(C)sc2c1)C1CCCNCC1.Cl. The Morgan fingerprint density at radius 3 is 3.00 bits per heavy atom. The molecule has 0 radical (unpaired) electrons. The Balaban J connectivity index is 0.00000176. The number of nitrogens with one attached hydrogen (secondary N) is 1. The molecular weight excluding hydrogens is 314 g/mol. The lowest BCUT2D eigenvalue weighted by Gasteiger charge is -2.29. The molecule has 1 atom stereocenters. The molecule has 1 saturated heterocycles. The van der Waals surface area contributed by atoms with Crippen molar-refractivity contribution >= 4 is 34.0 Å². The van der Waals surface area contributed by atoms with Crippen LogP contribution in [-0.4, -0.2) is 35.6 Å². The van der Waals surface area contributed by atoms with Gasteiger partial charge in [-0.2, -0.15) is 0 Å². The summed E-state index contributed by atoms with van der Waals surface area (Å²) < 4.78 is 1.32. The molecule has 122 valence electrons. The molecular formula is C17H26ClN3S. The lowest BCUT2D eigenvalue weighted by molar-refractivity contribution is 0.182. The molecule has 1 aliphatic heterocycles. The molecule has 22 heavy (non-hydrogen) atoms. The van der Waals surface area contributed by atoms with Gasteiger partial charge in [0.25, 0.3) is 0 Å². The normalized spacial score (nSPS) is 19.1. The van der Waals surface area contributed by atoms with Crippen molar-refractivity contribution in [3.63, 3.8) is 0 Å². The van der Waals surface area contributed by atoms with Crippen LogP contribution in [0, 0.1) is 6.92 Å². The Kier molecular flexibility index (Phi) is 6.63. The molecule has 0 saturated carbocycles. The van der Waals surface area contributed by atoms with Gasteiger partial charge in [-0.05, 0) is 63.5 Å². The fourth-order valence-electron chi connectivity index (χ4n) is 3.28. The monoisotopic (exact) mass is 339 g/mol. The number of aryl methyl sites for hydroxylation is 1. The van der Waals surface area contributed by atoms with E-state index < -0.39 is 0 Å². The minimum absolute atomic E-state index is 0. The molecule has 1 unspecified atom stereocenters. The topological polar surface area (TPSA) is 28.2 Å². The molecule has 1 N–H and O–H groups in total. The van der Waals surface area contributed by atoms with Crippen molar-refractivity contribution in [3.05, 3.63) is 28.8 Å². The summed E-state index contributed by atoms with van der Waals surface area (Å²) in [5.74, 6) is 0. The molecule has 2 heterocycles. The van der Waals surface area contributed by atoms with Gasteiger partial charge in [0.2, 0.25) is 0 Å². The fourth-order valence-corrected chi connectivity index (χ4v) is 4.17. The summed E-state index contributed by atoms with van der Waals surface area (Å²) >= 11 is 1.80. The number of rotatable bonds is 4. The van der Waals surface area contributed by atoms with Crippen LogP contribution in [-0.2, 0) is 6.54 Å². The van der Waals surface area contributed by atoms with Crippen molar-refractivity contribution in [2.24, 2.45) is 0 Å².